The minimum absolute atomic E-state index is 0.00694. The number of nitrogens with zero attached hydrogens (tertiary/aromatic N) is 4. The van der Waals surface area contributed by atoms with Crippen LogP contribution in [0.25, 0.3) is 0 Å². The van der Waals surface area contributed by atoms with Crippen molar-refractivity contribution in [3.63, 3.8) is 0 Å². The smallest absolute Gasteiger partial charge is 0.166 e. The van der Waals surface area contributed by atoms with Gasteiger partial charge in [-0.1, -0.05) is 44.9 Å². The Bertz CT molecular complexity index is 585. The van der Waals surface area contributed by atoms with Crippen molar-refractivity contribution in [1.82, 2.24) is 20.2 Å². The van der Waals surface area contributed by atoms with Crippen LogP contribution in [0, 0.1) is 5.92 Å². The second-order valence-corrected chi connectivity index (χ2v) is 9.35. The molecule has 0 aliphatic heterocycles. The first-order valence-electron chi connectivity index (χ1n) is 9.11. The molecule has 2 aliphatic rings. The molecule has 0 atom stereocenters. The fraction of sp³-hybridized carbons (Fsp3) is 0.938. The highest BCUT2D eigenvalue weighted by Crippen LogP contribution is 2.29. The van der Waals surface area contributed by atoms with Crippen molar-refractivity contribution in [3.05, 3.63) is 5.82 Å². The quantitative estimate of drug-likeness (QED) is 0.770. The summed E-state index contributed by atoms with van der Waals surface area (Å²) in [4.78, 5) is 0. The van der Waals surface area contributed by atoms with E-state index in [4.69, 9.17) is 0 Å². The Hall–Kier alpha value is -0.980. The van der Waals surface area contributed by atoms with Crippen LogP contribution in [0.2, 0.25) is 0 Å². The zero-order valence-corrected chi connectivity index (χ0v) is 14.7. The molecule has 0 unspecified atom stereocenters. The molecule has 0 bridgehead atoms. The molecule has 0 N–H and O–H groups in total. The van der Waals surface area contributed by atoms with E-state index in [0.717, 1.165) is 25.7 Å². The Morgan fingerprint density at radius 3 is 2.22 bits per heavy atom. The number of rotatable bonds is 5. The van der Waals surface area contributed by atoms with Gasteiger partial charge < -0.3 is 0 Å². The van der Waals surface area contributed by atoms with Gasteiger partial charge in [0.1, 0.15) is 5.75 Å². The van der Waals surface area contributed by atoms with Crippen molar-refractivity contribution in [2.24, 2.45) is 5.92 Å². The molecule has 23 heavy (non-hydrogen) atoms. The summed E-state index contributed by atoms with van der Waals surface area (Å²) in [5.41, 5.74) is 0. The first-order valence-corrected chi connectivity index (χ1v) is 10.9. The highest BCUT2D eigenvalue weighted by atomic mass is 32.2. The highest BCUT2D eigenvalue weighted by Gasteiger charge is 2.26. The van der Waals surface area contributed by atoms with Crippen molar-refractivity contribution in [2.45, 2.75) is 82.4 Å². The monoisotopic (exact) mass is 340 g/mol. The van der Waals surface area contributed by atoms with Gasteiger partial charge >= 0.3 is 0 Å². The standard InChI is InChI=1S/C16H28N4O2S/c21-23(22,12-14-8-4-1-2-5-9-14)13-16-17-18-19-20(16)15-10-6-3-7-11-15/h14-15H,1-13H2. The first-order chi connectivity index (χ1) is 11.1. The van der Waals surface area contributed by atoms with Crippen molar-refractivity contribution in [3.8, 4) is 0 Å². The van der Waals surface area contributed by atoms with Crippen LogP contribution in [0.1, 0.15) is 82.5 Å². The summed E-state index contributed by atoms with van der Waals surface area (Å²) in [5.74, 6) is 1.14. The fourth-order valence-corrected chi connectivity index (χ4v) is 5.81. The number of aromatic nitrogens is 4. The van der Waals surface area contributed by atoms with E-state index >= 15 is 0 Å². The predicted molar refractivity (Wildman–Crippen MR) is 88.6 cm³/mol. The lowest BCUT2D eigenvalue weighted by Gasteiger charge is -2.22. The van der Waals surface area contributed by atoms with E-state index in [0.29, 0.717) is 17.5 Å². The average molecular weight is 340 g/mol. The molecule has 2 saturated carbocycles. The van der Waals surface area contributed by atoms with Crippen molar-refractivity contribution in [1.29, 1.82) is 0 Å². The van der Waals surface area contributed by atoms with Crippen LogP contribution in [-0.2, 0) is 15.6 Å². The van der Waals surface area contributed by atoms with E-state index in [-0.39, 0.29) is 11.8 Å². The molecule has 1 aromatic rings. The number of hydrogen-bond acceptors (Lipinski definition) is 5. The van der Waals surface area contributed by atoms with Crippen LogP contribution < -0.4 is 0 Å². The molecule has 0 spiro atoms. The van der Waals surface area contributed by atoms with Crippen LogP contribution >= 0.6 is 0 Å². The largest absolute Gasteiger partial charge is 0.228 e. The summed E-state index contributed by atoms with van der Waals surface area (Å²) in [6.07, 6.45) is 12.7. The molecule has 1 heterocycles. The molecular weight excluding hydrogens is 312 g/mol. The number of sulfone groups is 1. The Morgan fingerprint density at radius 2 is 1.52 bits per heavy atom. The molecule has 6 nitrogen and oxygen atoms in total. The van der Waals surface area contributed by atoms with Gasteiger partial charge in [0.25, 0.3) is 0 Å². The molecule has 3 rings (SSSR count). The Morgan fingerprint density at radius 1 is 0.913 bits per heavy atom. The first kappa shape index (κ1) is 16.9. The molecule has 0 amide bonds. The predicted octanol–water partition coefficient (Wildman–Crippen LogP) is 3.06. The van der Waals surface area contributed by atoms with Gasteiger partial charge in [-0.15, -0.1) is 5.10 Å². The molecule has 7 heteroatoms. The fourth-order valence-electron chi connectivity index (χ4n) is 4.06. The molecule has 2 aliphatic carbocycles. The second-order valence-electron chi connectivity index (χ2n) is 7.24. The maximum absolute atomic E-state index is 12.6. The zero-order chi connectivity index (χ0) is 16.1. The molecule has 0 saturated heterocycles. The maximum atomic E-state index is 12.6. The normalized spacial score (nSPS) is 22.1. The van der Waals surface area contributed by atoms with Gasteiger partial charge in [0.2, 0.25) is 0 Å². The van der Waals surface area contributed by atoms with E-state index in [2.05, 4.69) is 15.5 Å². The van der Waals surface area contributed by atoms with E-state index < -0.39 is 9.84 Å². The highest BCUT2D eigenvalue weighted by molar-refractivity contribution is 7.90. The van der Waals surface area contributed by atoms with Gasteiger partial charge in [0.05, 0.1) is 11.8 Å². The third kappa shape index (κ3) is 4.75. The van der Waals surface area contributed by atoms with Crippen LogP contribution in [-0.4, -0.2) is 34.4 Å². The molecule has 130 valence electrons. The second kappa shape index (κ2) is 7.73. The summed E-state index contributed by atoms with van der Waals surface area (Å²) in [7, 11) is -3.14. The molecule has 1 aromatic heterocycles. The SMILES string of the molecule is O=S(=O)(Cc1nnnn1C1CCCCC1)CC1CCCCCC1. The van der Waals surface area contributed by atoms with Crippen molar-refractivity contribution >= 4 is 9.84 Å². The van der Waals surface area contributed by atoms with Crippen LogP contribution in [0.5, 0.6) is 0 Å². The van der Waals surface area contributed by atoms with Gasteiger partial charge in [-0.05, 0) is 42.0 Å². The topological polar surface area (TPSA) is 77.7 Å². The summed E-state index contributed by atoms with van der Waals surface area (Å²) < 4.78 is 27.0. The van der Waals surface area contributed by atoms with E-state index in [1.54, 1.807) is 4.68 Å². The third-order valence-electron chi connectivity index (χ3n) is 5.29. The lowest BCUT2D eigenvalue weighted by Crippen LogP contribution is -2.22. The maximum Gasteiger partial charge on any atom is 0.166 e. The lowest BCUT2D eigenvalue weighted by atomic mass is 9.96. The van der Waals surface area contributed by atoms with Gasteiger partial charge in [0, 0.05) is 0 Å². The van der Waals surface area contributed by atoms with E-state index in [1.165, 1.54) is 44.9 Å². The van der Waals surface area contributed by atoms with Crippen molar-refractivity contribution < 1.29 is 8.42 Å². The third-order valence-corrected chi connectivity index (χ3v) is 6.97. The van der Waals surface area contributed by atoms with Crippen LogP contribution in [0.15, 0.2) is 0 Å². The van der Waals surface area contributed by atoms with E-state index in [1.807, 2.05) is 0 Å². The summed E-state index contributed by atoms with van der Waals surface area (Å²) in [6.45, 7) is 0. The van der Waals surface area contributed by atoms with Crippen molar-refractivity contribution in [2.75, 3.05) is 5.75 Å². The molecular formula is C16H28N4O2S. The van der Waals surface area contributed by atoms with Gasteiger partial charge in [0.15, 0.2) is 15.7 Å². The van der Waals surface area contributed by atoms with Crippen LogP contribution in [0.3, 0.4) is 0 Å². The Balaban J connectivity index is 1.64. The molecule has 0 radical (unpaired) electrons. The minimum atomic E-state index is -3.14. The van der Waals surface area contributed by atoms with Gasteiger partial charge in [-0.2, -0.15) is 0 Å². The molecule has 0 aromatic carbocycles. The van der Waals surface area contributed by atoms with E-state index in [9.17, 15) is 8.42 Å². The summed E-state index contributed by atoms with van der Waals surface area (Å²) in [6, 6.07) is 0.279. The zero-order valence-electron chi connectivity index (χ0n) is 13.9. The molecule has 2 fully saturated rings. The van der Waals surface area contributed by atoms with Gasteiger partial charge in [-0.25, -0.2) is 13.1 Å². The Labute approximate surface area is 139 Å². The van der Waals surface area contributed by atoms with Gasteiger partial charge in [-0.3, -0.25) is 0 Å². The van der Waals surface area contributed by atoms with Crippen LogP contribution in [0.4, 0.5) is 0 Å². The average Bonchev–Trinajstić information content (AvgIpc) is 2.83. The summed E-state index contributed by atoms with van der Waals surface area (Å²) in [5, 5.41) is 11.8. The number of tetrazole rings is 1. The summed E-state index contributed by atoms with van der Waals surface area (Å²) >= 11 is 0. The lowest BCUT2D eigenvalue weighted by molar-refractivity contribution is 0.318. The minimum Gasteiger partial charge on any atom is -0.228 e. The number of hydrogen-bond donors (Lipinski definition) is 0. The Kier molecular flexibility index (Phi) is 5.67.